The maximum Gasteiger partial charge on any atom is 0.106 e. The molecule has 0 unspecified atom stereocenters. The standard InChI is InChI=1S/C11H15N.2C2H6.C2H2.2CH2O/c1-9-5-6-10(2)11(8-9)4-3-7-12;5*1-2/h3-6,8H,7,12H2,1-2H3;2*1-2H3;1-2H;2*1H2/b4-3-;;;;;. The molecule has 0 atom stereocenters. The van der Waals surface area contributed by atoms with Crippen LogP contribution in [-0.4, -0.2) is 20.1 Å². The molecule has 3 heteroatoms. The summed E-state index contributed by atoms with van der Waals surface area (Å²) < 4.78 is 0. The molecule has 0 aliphatic heterocycles. The molecule has 0 saturated carbocycles. The van der Waals surface area contributed by atoms with E-state index < -0.39 is 0 Å². The van der Waals surface area contributed by atoms with Crippen molar-refractivity contribution in [3.63, 3.8) is 0 Å². The Kier molecular flexibility index (Phi) is 52.8. The van der Waals surface area contributed by atoms with E-state index in [1.165, 1.54) is 16.7 Å². The molecule has 0 aliphatic rings. The average molecular weight is 307 g/mol. The Balaban J connectivity index is -0.0000000822. The zero-order valence-corrected chi connectivity index (χ0v) is 15.1. The number of carbonyl (C=O) groups excluding carboxylic acids is 2. The van der Waals surface area contributed by atoms with E-state index in [4.69, 9.17) is 15.3 Å². The fraction of sp³-hybridized carbons (Fsp3) is 0.368. The van der Waals surface area contributed by atoms with Crippen molar-refractivity contribution in [1.82, 2.24) is 0 Å². The summed E-state index contributed by atoms with van der Waals surface area (Å²) in [5, 5.41) is 0. The van der Waals surface area contributed by atoms with Gasteiger partial charge in [-0.15, -0.1) is 12.8 Å². The molecular weight excluding hydrogens is 274 g/mol. The summed E-state index contributed by atoms with van der Waals surface area (Å²) in [7, 11) is 0. The number of nitrogens with two attached hydrogens (primary N) is 1. The highest BCUT2D eigenvalue weighted by Gasteiger charge is 1.92. The molecule has 22 heavy (non-hydrogen) atoms. The van der Waals surface area contributed by atoms with Crippen molar-refractivity contribution in [3.05, 3.63) is 41.0 Å². The Morgan fingerprint density at radius 3 is 1.77 bits per heavy atom. The molecule has 1 aromatic carbocycles. The normalized spacial score (nSPS) is 6.95. The molecule has 0 spiro atoms. The van der Waals surface area contributed by atoms with Gasteiger partial charge >= 0.3 is 0 Å². The van der Waals surface area contributed by atoms with Crippen LogP contribution in [0.3, 0.4) is 0 Å². The Morgan fingerprint density at radius 1 is 1.00 bits per heavy atom. The Labute approximate surface area is 137 Å². The van der Waals surface area contributed by atoms with E-state index in [9.17, 15) is 0 Å². The smallest absolute Gasteiger partial charge is 0.106 e. The molecule has 126 valence electrons. The monoisotopic (exact) mass is 307 g/mol. The van der Waals surface area contributed by atoms with Crippen molar-refractivity contribution in [2.24, 2.45) is 5.73 Å². The number of carbonyl (C=O) groups is 2. The quantitative estimate of drug-likeness (QED) is 0.833. The van der Waals surface area contributed by atoms with Crippen LogP contribution in [0.25, 0.3) is 6.08 Å². The van der Waals surface area contributed by atoms with Gasteiger partial charge in [0, 0.05) is 6.54 Å². The van der Waals surface area contributed by atoms with E-state index in [1.807, 2.05) is 47.3 Å². The summed E-state index contributed by atoms with van der Waals surface area (Å²) in [5.74, 6) is 0. The molecule has 0 aromatic heterocycles. The minimum atomic E-state index is 0.605. The van der Waals surface area contributed by atoms with Crippen molar-refractivity contribution in [1.29, 1.82) is 0 Å². The SMILES string of the molecule is C#C.C=O.C=O.CC.CC.Cc1ccc(C)c(/C=C\CN)c1. The number of benzene rings is 1. The van der Waals surface area contributed by atoms with Gasteiger partial charge in [-0.25, -0.2) is 0 Å². The third-order valence-electron chi connectivity index (χ3n) is 1.87. The summed E-state index contributed by atoms with van der Waals surface area (Å²) in [6, 6.07) is 6.42. The summed E-state index contributed by atoms with van der Waals surface area (Å²) in [6.45, 7) is 16.8. The van der Waals surface area contributed by atoms with Gasteiger partial charge in [-0.1, -0.05) is 63.6 Å². The second-order valence-corrected chi connectivity index (χ2v) is 3.00. The molecule has 0 aliphatic carbocycles. The maximum absolute atomic E-state index is 8.00. The van der Waals surface area contributed by atoms with E-state index in [1.54, 1.807) is 0 Å². The Morgan fingerprint density at radius 2 is 1.41 bits per heavy atom. The number of aryl methyl sites for hydroxylation is 2. The minimum absolute atomic E-state index is 0.605. The lowest BCUT2D eigenvalue weighted by Crippen LogP contribution is -1.92. The predicted octanol–water partition coefficient (Wildman–Crippen LogP) is 4.21. The van der Waals surface area contributed by atoms with Crippen molar-refractivity contribution >= 4 is 19.7 Å². The minimum Gasteiger partial charge on any atom is -0.327 e. The molecule has 0 bridgehead atoms. The summed E-state index contributed by atoms with van der Waals surface area (Å²) >= 11 is 0. The summed E-state index contributed by atoms with van der Waals surface area (Å²) in [5.41, 5.74) is 9.23. The first-order valence-corrected chi connectivity index (χ1v) is 7.09. The second-order valence-electron chi connectivity index (χ2n) is 3.00. The Hall–Kier alpha value is -2.18. The number of terminal acetylenes is 1. The van der Waals surface area contributed by atoms with Crippen molar-refractivity contribution in [2.45, 2.75) is 41.5 Å². The second kappa shape index (κ2) is 36.4. The van der Waals surface area contributed by atoms with Gasteiger partial charge in [0.15, 0.2) is 0 Å². The molecular formula is C19H33NO2. The Bertz CT molecular complexity index is 356. The van der Waals surface area contributed by atoms with Crippen LogP contribution in [0, 0.1) is 26.7 Å². The van der Waals surface area contributed by atoms with Gasteiger partial charge in [0.2, 0.25) is 0 Å². The molecule has 0 saturated heterocycles. The lowest BCUT2D eigenvalue weighted by atomic mass is 10.1. The van der Waals surface area contributed by atoms with Crippen LogP contribution in [0.15, 0.2) is 24.3 Å². The van der Waals surface area contributed by atoms with Gasteiger partial charge in [-0.05, 0) is 25.0 Å². The highest BCUT2D eigenvalue weighted by molar-refractivity contribution is 5.54. The fourth-order valence-electron chi connectivity index (χ4n) is 1.13. The van der Waals surface area contributed by atoms with Gasteiger partial charge in [-0.3, -0.25) is 0 Å². The van der Waals surface area contributed by atoms with E-state index in [0.29, 0.717) is 6.54 Å². The third-order valence-corrected chi connectivity index (χ3v) is 1.87. The maximum atomic E-state index is 8.00. The van der Waals surface area contributed by atoms with Crippen LogP contribution in [0.5, 0.6) is 0 Å². The summed E-state index contributed by atoms with van der Waals surface area (Å²) in [4.78, 5) is 16.0. The number of rotatable bonds is 2. The molecule has 0 amide bonds. The van der Waals surface area contributed by atoms with E-state index in [0.717, 1.165) is 0 Å². The van der Waals surface area contributed by atoms with E-state index in [-0.39, 0.29) is 0 Å². The van der Waals surface area contributed by atoms with Crippen LogP contribution in [0.1, 0.15) is 44.4 Å². The average Bonchev–Trinajstić information content (AvgIpc) is 2.64. The highest BCUT2D eigenvalue weighted by atomic mass is 16.1. The van der Waals surface area contributed by atoms with Crippen molar-refractivity contribution < 1.29 is 9.59 Å². The zero-order chi connectivity index (χ0) is 19.0. The molecule has 1 aromatic rings. The first-order chi connectivity index (χ1) is 10.7. The van der Waals surface area contributed by atoms with Gasteiger partial charge in [0.05, 0.1) is 0 Å². The highest BCUT2D eigenvalue weighted by Crippen LogP contribution is 2.11. The lowest BCUT2D eigenvalue weighted by molar-refractivity contribution is -0.0987. The lowest BCUT2D eigenvalue weighted by Gasteiger charge is -2.00. The van der Waals surface area contributed by atoms with Crippen molar-refractivity contribution in [2.75, 3.05) is 6.54 Å². The van der Waals surface area contributed by atoms with Crippen LogP contribution in [0.4, 0.5) is 0 Å². The molecule has 0 fully saturated rings. The van der Waals surface area contributed by atoms with E-state index in [2.05, 4.69) is 51.0 Å². The molecule has 1 rings (SSSR count). The number of hydrogen-bond donors (Lipinski definition) is 1. The first kappa shape index (κ1) is 32.0. The van der Waals surface area contributed by atoms with Crippen LogP contribution >= 0.6 is 0 Å². The largest absolute Gasteiger partial charge is 0.327 e. The molecule has 2 N–H and O–H groups in total. The molecule has 3 nitrogen and oxygen atoms in total. The van der Waals surface area contributed by atoms with E-state index >= 15 is 0 Å². The van der Waals surface area contributed by atoms with Crippen LogP contribution in [-0.2, 0) is 9.59 Å². The third kappa shape index (κ3) is 23.0. The van der Waals surface area contributed by atoms with Crippen molar-refractivity contribution in [3.8, 4) is 12.8 Å². The van der Waals surface area contributed by atoms with Gasteiger partial charge in [0.1, 0.15) is 13.6 Å². The fourth-order valence-corrected chi connectivity index (χ4v) is 1.13. The van der Waals surface area contributed by atoms with Gasteiger partial charge in [0.25, 0.3) is 0 Å². The van der Waals surface area contributed by atoms with Gasteiger partial charge < -0.3 is 15.3 Å². The van der Waals surface area contributed by atoms with Crippen LogP contribution < -0.4 is 5.73 Å². The topological polar surface area (TPSA) is 60.2 Å². The number of hydrogen-bond acceptors (Lipinski definition) is 3. The summed E-state index contributed by atoms with van der Waals surface area (Å²) in [6.07, 6.45) is 12.0. The zero-order valence-electron chi connectivity index (χ0n) is 15.1. The molecule has 0 radical (unpaired) electrons. The van der Waals surface area contributed by atoms with Crippen LogP contribution in [0.2, 0.25) is 0 Å². The first-order valence-electron chi connectivity index (χ1n) is 7.09. The predicted molar refractivity (Wildman–Crippen MR) is 101 cm³/mol. The van der Waals surface area contributed by atoms with Gasteiger partial charge in [-0.2, -0.15) is 0 Å². The molecule has 0 heterocycles.